The van der Waals surface area contributed by atoms with E-state index in [0.29, 0.717) is 5.56 Å². The Hall–Kier alpha value is -2.14. The molecule has 0 fully saturated rings. The molecule has 19 heavy (non-hydrogen) atoms. The minimum Gasteiger partial charge on any atom is -0.361 e. The van der Waals surface area contributed by atoms with Crippen molar-refractivity contribution in [3.8, 4) is 0 Å². The van der Waals surface area contributed by atoms with Gasteiger partial charge in [-0.3, -0.25) is 9.78 Å². The molecule has 0 aliphatic carbocycles. The summed E-state index contributed by atoms with van der Waals surface area (Å²) in [5.74, 6) is -0.177. The van der Waals surface area contributed by atoms with E-state index in [1.807, 2.05) is 30.5 Å². The first kappa shape index (κ1) is 11.9. The summed E-state index contributed by atoms with van der Waals surface area (Å²) in [6.07, 6.45) is 5.05. The monoisotopic (exact) mass is 315 g/mol. The van der Waals surface area contributed by atoms with Crippen molar-refractivity contribution in [2.24, 2.45) is 0 Å². The number of rotatable bonds is 2. The summed E-state index contributed by atoms with van der Waals surface area (Å²) in [6, 6.07) is 9.42. The van der Waals surface area contributed by atoms with Gasteiger partial charge in [0.25, 0.3) is 5.91 Å². The zero-order valence-corrected chi connectivity index (χ0v) is 11.4. The summed E-state index contributed by atoms with van der Waals surface area (Å²) < 4.78 is 0.779. The predicted molar refractivity (Wildman–Crippen MR) is 78.2 cm³/mol. The van der Waals surface area contributed by atoms with Gasteiger partial charge in [0.1, 0.15) is 0 Å². The molecule has 0 atom stereocenters. The van der Waals surface area contributed by atoms with Gasteiger partial charge in [-0.15, -0.1) is 0 Å². The van der Waals surface area contributed by atoms with Crippen molar-refractivity contribution in [2.75, 3.05) is 5.32 Å². The maximum atomic E-state index is 12.1. The number of fused-ring (bicyclic) bond motifs is 1. The number of anilines is 1. The van der Waals surface area contributed by atoms with E-state index in [-0.39, 0.29) is 5.91 Å². The molecule has 3 aromatic rings. The maximum absolute atomic E-state index is 12.1. The standard InChI is InChI=1S/C14H10BrN3O/c15-11-5-10(7-16-8-11)14(19)18-12-1-2-13-9(6-12)3-4-17-13/h1-8,17H,(H,18,19). The van der Waals surface area contributed by atoms with Crippen molar-refractivity contribution in [3.05, 3.63) is 59.0 Å². The SMILES string of the molecule is O=C(Nc1ccc2[nH]ccc2c1)c1cncc(Br)c1. The number of aromatic amines is 1. The van der Waals surface area contributed by atoms with E-state index < -0.39 is 0 Å². The van der Waals surface area contributed by atoms with Crippen molar-refractivity contribution in [2.45, 2.75) is 0 Å². The Morgan fingerprint density at radius 3 is 2.95 bits per heavy atom. The average Bonchev–Trinajstić information content (AvgIpc) is 2.86. The van der Waals surface area contributed by atoms with Crippen LogP contribution in [0.1, 0.15) is 10.4 Å². The van der Waals surface area contributed by atoms with Crippen LogP contribution in [0.3, 0.4) is 0 Å². The number of benzene rings is 1. The second kappa shape index (κ2) is 4.85. The third kappa shape index (κ3) is 2.51. The second-order valence-electron chi connectivity index (χ2n) is 4.13. The molecule has 0 saturated carbocycles. The molecule has 1 amide bonds. The molecule has 2 heterocycles. The summed E-state index contributed by atoms with van der Waals surface area (Å²) in [5, 5.41) is 3.91. The van der Waals surface area contributed by atoms with E-state index in [9.17, 15) is 4.79 Å². The number of aromatic nitrogens is 2. The quantitative estimate of drug-likeness (QED) is 0.759. The maximum Gasteiger partial charge on any atom is 0.257 e. The van der Waals surface area contributed by atoms with Crippen LogP contribution in [0, 0.1) is 0 Å². The molecule has 1 aromatic carbocycles. The molecule has 0 saturated heterocycles. The highest BCUT2D eigenvalue weighted by Gasteiger charge is 2.07. The molecule has 0 spiro atoms. The number of nitrogens with zero attached hydrogens (tertiary/aromatic N) is 1. The summed E-state index contributed by atoms with van der Waals surface area (Å²) >= 11 is 3.30. The number of amides is 1. The Balaban J connectivity index is 1.86. The molecule has 2 N–H and O–H groups in total. The van der Waals surface area contributed by atoms with Crippen molar-refractivity contribution >= 4 is 38.4 Å². The highest BCUT2D eigenvalue weighted by atomic mass is 79.9. The Bertz CT molecular complexity index is 751. The van der Waals surface area contributed by atoms with Crippen LogP contribution in [0.5, 0.6) is 0 Å². The number of pyridine rings is 1. The molecule has 94 valence electrons. The van der Waals surface area contributed by atoms with Crippen LogP contribution < -0.4 is 5.32 Å². The zero-order valence-electron chi connectivity index (χ0n) is 9.85. The lowest BCUT2D eigenvalue weighted by atomic mass is 10.2. The van der Waals surface area contributed by atoms with Crippen molar-refractivity contribution in [3.63, 3.8) is 0 Å². The van der Waals surface area contributed by atoms with Gasteiger partial charge in [-0.25, -0.2) is 0 Å². The molecule has 4 nitrogen and oxygen atoms in total. The van der Waals surface area contributed by atoms with Gasteiger partial charge in [0.05, 0.1) is 5.56 Å². The van der Waals surface area contributed by atoms with Gasteiger partial charge in [-0.05, 0) is 46.3 Å². The number of H-pyrrole nitrogens is 1. The Morgan fingerprint density at radius 1 is 1.21 bits per heavy atom. The number of hydrogen-bond donors (Lipinski definition) is 2. The van der Waals surface area contributed by atoms with E-state index in [0.717, 1.165) is 21.1 Å². The van der Waals surface area contributed by atoms with Crippen LogP contribution in [-0.4, -0.2) is 15.9 Å². The Labute approximate surface area is 118 Å². The first-order valence-corrected chi connectivity index (χ1v) is 6.51. The molecule has 0 radical (unpaired) electrons. The van der Waals surface area contributed by atoms with Crippen molar-refractivity contribution in [1.82, 2.24) is 9.97 Å². The Kier molecular flexibility index (Phi) is 3.05. The highest BCUT2D eigenvalue weighted by molar-refractivity contribution is 9.10. The van der Waals surface area contributed by atoms with Crippen LogP contribution in [0.4, 0.5) is 5.69 Å². The molecule has 0 aliphatic heterocycles. The van der Waals surface area contributed by atoms with Gasteiger partial charge in [0.15, 0.2) is 0 Å². The van der Waals surface area contributed by atoms with E-state index in [2.05, 4.69) is 31.2 Å². The summed E-state index contributed by atoms with van der Waals surface area (Å²) in [4.78, 5) is 19.1. The molecule has 0 aliphatic rings. The van der Waals surface area contributed by atoms with Gasteiger partial charge in [0.2, 0.25) is 0 Å². The number of nitrogens with one attached hydrogen (secondary N) is 2. The van der Waals surface area contributed by atoms with Gasteiger partial charge in [0, 0.05) is 39.7 Å². The topological polar surface area (TPSA) is 57.8 Å². The van der Waals surface area contributed by atoms with E-state index in [1.54, 1.807) is 12.3 Å². The normalized spacial score (nSPS) is 10.6. The highest BCUT2D eigenvalue weighted by Crippen LogP contribution is 2.19. The number of hydrogen-bond acceptors (Lipinski definition) is 2. The Morgan fingerprint density at radius 2 is 2.11 bits per heavy atom. The van der Waals surface area contributed by atoms with Gasteiger partial charge >= 0.3 is 0 Å². The summed E-state index contributed by atoms with van der Waals surface area (Å²) in [6.45, 7) is 0. The first-order chi connectivity index (χ1) is 9.22. The smallest absolute Gasteiger partial charge is 0.257 e. The molecular weight excluding hydrogens is 306 g/mol. The fraction of sp³-hybridized carbons (Fsp3) is 0. The third-order valence-corrected chi connectivity index (χ3v) is 3.21. The largest absolute Gasteiger partial charge is 0.361 e. The molecule has 2 aromatic heterocycles. The zero-order chi connectivity index (χ0) is 13.2. The van der Waals surface area contributed by atoms with Crippen LogP contribution in [-0.2, 0) is 0 Å². The molecule has 0 bridgehead atoms. The average molecular weight is 316 g/mol. The minimum atomic E-state index is -0.177. The lowest BCUT2D eigenvalue weighted by molar-refractivity contribution is 0.102. The lowest BCUT2D eigenvalue weighted by Gasteiger charge is -2.05. The minimum absolute atomic E-state index is 0.177. The number of halogens is 1. The molecule has 3 rings (SSSR count). The van der Waals surface area contributed by atoms with Gasteiger partial charge < -0.3 is 10.3 Å². The van der Waals surface area contributed by atoms with Gasteiger partial charge in [-0.1, -0.05) is 0 Å². The summed E-state index contributed by atoms with van der Waals surface area (Å²) in [7, 11) is 0. The van der Waals surface area contributed by atoms with Crippen LogP contribution in [0.25, 0.3) is 10.9 Å². The van der Waals surface area contributed by atoms with E-state index >= 15 is 0 Å². The fourth-order valence-electron chi connectivity index (χ4n) is 1.87. The van der Waals surface area contributed by atoms with Crippen molar-refractivity contribution in [1.29, 1.82) is 0 Å². The second-order valence-corrected chi connectivity index (χ2v) is 5.04. The van der Waals surface area contributed by atoms with Crippen LogP contribution in [0.15, 0.2) is 53.4 Å². The van der Waals surface area contributed by atoms with Gasteiger partial charge in [-0.2, -0.15) is 0 Å². The number of carbonyl (C=O) groups excluding carboxylic acids is 1. The molecule has 5 heteroatoms. The van der Waals surface area contributed by atoms with E-state index in [1.165, 1.54) is 6.20 Å². The van der Waals surface area contributed by atoms with Crippen LogP contribution in [0.2, 0.25) is 0 Å². The first-order valence-electron chi connectivity index (χ1n) is 5.71. The third-order valence-electron chi connectivity index (χ3n) is 2.78. The molecular formula is C14H10BrN3O. The fourth-order valence-corrected chi connectivity index (χ4v) is 2.24. The van der Waals surface area contributed by atoms with Crippen LogP contribution >= 0.6 is 15.9 Å². The number of carbonyl (C=O) groups is 1. The van der Waals surface area contributed by atoms with E-state index in [4.69, 9.17) is 0 Å². The predicted octanol–water partition coefficient (Wildman–Crippen LogP) is 3.58. The summed E-state index contributed by atoms with van der Waals surface area (Å²) in [5.41, 5.74) is 2.32. The lowest BCUT2D eigenvalue weighted by Crippen LogP contribution is -2.12. The molecule has 0 unspecified atom stereocenters. The van der Waals surface area contributed by atoms with Crippen molar-refractivity contribution < 1.29 is 4.79 Å².